The second-order valence-electron chi connectivity index (χ2n) is 2.57. The van der Waals surface area contributed by atoms with Crippen molar-refractivity contribution >= 4 is 5.82 Å². The van der Waals surface area contributed by atoms with Gasteiger partial charge in [0.05, 0.1) is 12.4 Å². The highest BCUT2D eigenvalue weighted by atomic mass is 16.3. The number of hydrogen-bond donors (Lipinski definition) is 4. The molecular weight excluding hydrogens is 172 g/mol. The molecule has 0 bridgehead atoms. The first kappa shape index (κ1) is 9.69. The van der Waals surface area contributed by atoms with Crippen LogP contribution in [0.15, 0.2) is 17.2 Å². The van der Waals surface area contributed by atoms with Gasteiger partial charge in [-0.15, -0.1) is 0 Å². The molecule has 0 amide bonds. The maximum absolute atomic E-state index is 10.8. The van der Waals surface area contributed by atoms with Gasteiger partial charge in [0.2, 0.25) is 0 Å². The zero-order valence-corrected chi connectivity index (χ0v) is 7.03. The molecular formula is C7H12N4O2. The Hall–Kier alpha value is -1.40. The lowest BCUT2D eigenvalue weighted by atomic mass is 10.3. The van der Waals surface area contributed by atoms with E-state index < -0.39 is 6.10 Å². The van der Waals surface area contributed by atoms with Gasteiger partial charge in [-0.2, -0.15) is 0 Å². The van der Waals surface area contributed by atoms with Gasteiger partial charge in [-0.3, -0.25) is 4.79 Å². The quantitative estimate of drug-likeness (QED) is 0.456. The Kier molecular flexibility index (Phi) is 3.41. The number of rotatable bonds is 4. The van der Waals surface area contributed by atoms with Crippen molar-refractivity contribution in [1.29, 1.82) is 0 Å². The molecule has 5 N–H and O–H groups in total. The van der Waals surface area contributed by atoms with Gasteiger partial charge < -0.3 is 21.1 Å². The number of aliphatic hydroxyl groups excluding tert-OH is 1. The molecule has 0 aromatic carbocycles. The van der Waals surface area contributed by atoms with Crippen LogP contribution in [0.25, 0.3) is 0 Å². The number of aliphatic hydroxyl groups is 1. The van der Waals surface area contributed by atoms with E-state index in [-0.39, 0.29) is 18.6 Å². The number of aromatic amines is 1. The molecule has 72 valence electrons. The van der Waals surface area contributed by atoms with Gasteiger partial charge in [0, 0.05) is 19.2 Å². The lowest BCUT2D eigenvalue weighted by Gasteiger charge is -2.08. The van der Waals surface area contributed by atoms with Crippen LogP contribution < -0.4 is 16.6 Å². The smallest absolute Gasteiger partial charge is 0.252 e. The van der Waals surface area contributed by atoms with Crippen molar-refractivity contribution in [2.24, 2.45) is 5.73 Å². The minimum atomic E-state index is -0.624. The Morgan fingerprint density at radius 1 is 1.77 bits per heavy atom. The molecule has 6 nitrogen and oxygen atoms in total. The molecule has 0 fully saturated rings. The van der Waals surface area contributed by atoms with E-state index in [2.05, 4.69) is 15.3 Å². The third kappa shape index (κ3) is 3.22. The number of nitrogens with zero attached hydrogens (tertiary/aromatic N) is 1. The molecule has 13 heavy (non-hydrogen) atoms. The van der Waals surface area contributed by atoms with Crippen LogP contribution in [0.3, 0.4) is 0 Å². The van der Waals surface area contributed by atoms with E-state index in [1.807, 2.05) is 0 Å². The first-order valence-electron chi connectivity index (χ1n) is 3.89. The summed E-state index contributed by atoms with van der Waals surface area (Å²) in [5, 5.41) is 11.9. The second-order valence-corrected chi connectivity index (χ2v) is 2.57. The molecule has 0 saturated carbocycles. The molecule has 0 spiro atoms. The molecule has 1 aromatic rings. The van der Waals surface area contributed by atoms with Gasteiger partial charge in [0.15, 0.2) is 0 Å². The summed E-state index contributed by atoms with van der Waals surface area (Å²) in [5.74, 6) is 0.427. The van der Waals surface area contributed by atoms with Crippen molar-refractivity contribution in [1.82, 2.24) is 9.97 Å². The number of hydrogen-bond acceptors (Lipinski definition) is 5. The van der Waals surface area contributed by atoms with Crippen molar-refractivity contribution in [3.63, 3.8) is 0 Å². The molecule has 0 aliphatic heterocycles. The zero-order valence-electron chi connectivity index (χ0n) is 7.03. The van der Waals surface area contributed by atoms with Gasteiger partial charge in [-0.25, -0.2) is 4.98 Å². The van der Waals surface area contributed by atoms with Gasteiger partial charge in [0.1, 0.15) is 5.82 Å². The summed E-state index contributed by atoms with van der Waals surface area (Å²) in [5.41, 5.74) is 4.95. The number of nitrogens with one attached hydrogen (secondary N) is 2. The SMILES string of the molecule is NCC(O)CNc1cc(=O)[nH]cn1. The third-order valence-electron chi connectivity index (χ3n) is 1.47. The Morgan fingerprint density at radius 2 is 2.54 bits per heavy atom. The van der Waals surface area contributed by atoms with Crippen LogP contribution in [0, 0.1) is 0 Å². The molecule has 0 aliphatic rings. The molecule has 1 rings (SSSR count). The van der Waals surface area contributed by atoms with Crippen molar-refractivity contribution in [2.75, 3.05) is 18.4 Å². The van der Waals surface area contributed by atoms with E-state index in [0.717, 1.165) is 0 Å². The topological polar surface area (TPSA) is 104 Å². The largest absolute Gasteiger partial charge is 0.390 e. The van der Waals surface area contributed by atoms with Crippen molar-refractivity contribution < 1.29 is 5.11 Å². The highest BCUT2D eigenvalue weighted by Crippen LogP contribution is 1.94. The van der Waals surface area contributed by atoms with E-state index in [1.54, 1.807) is 0 Å². The standard InChI is InChI=1S/C7H12N4O2/c8-2-5(12)3-9-6-1-7(13)11-4-10-6/h1,4-5,12H,2-3,8H2,(H2,9,10,11,13). The summed E-state index contributed by atoms with van der Waals surface area (Å²) in [6, 6.07) is 1.31. The molecule has 1 heterocycles. The average Bonchev–Trinajstić information content (AvgIpc) is 2.14. The monoisotopic (exact) mass is 184 g/mol. The molecule has 1 atom stereocenters. The minimum Gasteiger partial charge on any atom is -0.390 e. The predicted octanol–water partition coefficient (Wildman–Crippen LogP) is -1.50. The highest BCUT2D eigenvalue weighted by molar-refractivity contribution is 5.31. The fraction of sp³-hybridized carbons (Fsp3) is 0.429. The average molecular weight is 184 g/mol. The van der Waals surface area contributed by atoms with Crippen molar-refractivity contribution in [3.8, 4) is 0 Å². The van der Waals surface area contributed by atoms with Gasteiger partial charge in [-0.05, 0) is 0 Å². The van der Waals surface area contributed by atoms with Crippen LogP contribution in [-0.4, -0.2) is 34.3 Å². The van der Waals surface area contributed by atoms with Gasteiger partial charge in [0.25, 0.3) is 5.56 Å². The maximum Gasteiger partial charge on any atom is 0.252 e. The van der Waals surface area contributed by atoms with E-state index in [4.69, 9.17) is 10.8 Å². The fourth-order valence-corrected chi connectivity index (χ4v) is 0.771. The van der Waals surface area contributed by atoms with Gasteiger partial charge in [-0.1, -0.05) is 0 Å². The van der Waals surface area contributed by atoms with Crippen LogP contribution in [-0.2, 0) is 0 Å². The first-order chi connectivity index (χ1) is 6.22. The van der Waals surface area contributed by atoms with E-state index >= 15 is 0 Å². The number of H-pyrrole nitrogens is 1. The summed E-state index contributed by atoms with van der Waals surface area (Å²) >= 11 is 0. The lowest BCUT2D eigenvalue weighted by Crippen LogP contribution is -2.28. The summed E-state index contributed by atoms with van der Waals surface area (Å²) in [6.45, 7) is 0.461. The normalized spacial score (nSPS) is 12.5. The van der Waals surface area contributed by atoms with Crippen LogP contribution in [0.2, 0.25) is 0 Å². The number of aromatic nitrogens is 2. The molecule has 0 aliphatic carbocycles. The fourth-order valence-electron chi connectivity index (χ4n) is 0.771. The molecule has 0 radical (unpaired) electrons. The molecule has 1 unspecified atom stereocenters. The lowest BCUT2D eigenvalue weighted by molar-refractivity contribution is 0.196. The van der Waals surface area contributed by atoms with Crippen molar-refractivity contribution in [3.05, 3.63) is 22.7 Å². The Morgan fingerprint density at radius 3 is 3.15 bits per heavy atom. The maximum atomic E-state index is 10.8. The van der Waals surface area contributed by atoms with Gasteiger partial charge >= 0.3 is 0 Å². The number of anilines is 1. The van der Waals surface area contributed by atoms with Crippen LogP contribution >= 0.6 is 0 Å². The number of nitrogens with two attached hydrogens (primary N) is 1. The molecule has 0 saturated heterocycles. The summed E-state index contributed by atoms with van der Waals surface area (Å²) in [6.07, 6.45) is 0.667. The summed E-state index contributed by atoms with van der Waals surface area (Å²) < 4.78 is 0. The van der Waals surface area contributed by atoms with E-state index in [0.29, 0.717) is 5.82 Å². The zero-order chi connectivity index (χ0) is 9.68. The second kappa shape index (κ2) is 4.58. The highest BCUT2D eigenvalue weighted by Gasteiger charge is 2.00. The van der Waals surface area contributed by atoms with Crippen LogP contribution in [0.4, 0.5) is 5.82 Å². The molecule has 1 aromatic heterocycles. The third-order valence-corrected chi connectivity index (χ3v) is 1.47. The Bertz CT molecular complexity index is 311. The van der Waals surface area contributed by atoms with E-state index in [1.165, 1.54) is 12.4 Å². The Balaban J connectivity index is 2.50. The Labute approximate surface area is 74.8 Å². The van der Waals surface area contributed by atoms with Crippen LogP contribution in [0.5, 0.6) is 0 Å². The summed E-state index contributed by atoms with van der Waals surface area (Å²) in [4.78, 5) is 17.0. The van der Waals surface area contributed by atoms with Crippen LogP contribution in [0.1, 0.15) is 0 Å². The predicted molar refractivity (Wildman–Crippen MR) is 48.4 cm³/mol. The van der Waals surface area contributed by atoms with Crippen molar-refractivity contribution in [2.45, 2.75) is 6.10 Å². The molecule has 6 heteroatoms. The van der Waals surface area contributed by atoms with E-state index in [9.17, 15) is 4.79 Å². The minimum absolute atomic E-state index is 0.177. The first-order valence-corrected chi connectivity index (χ1v) is 3.89. The summed E-state index contributed by atoms with van der Waals surface area (Å²) in [7, 11) is 0.